The molecular formula is C27H35N7O4S. The average molecular weight is 554 g/mol. The molecule has 3 aliphatic rings. The molecule has 3 aliphatic heterocycles. The van der Waals surface area contributed by atoms with Gasteiger partial charge in [-0.2, -0.15) is 9.61 Å². The minimum absolute atomic E-state index is 0.200. The van der Waals surface area contributed by atoms with Gasteiger partial charge in [-0.25, -0.2) is 13.4 Å². The Morgan fingerprint density at radius 2 is 1.79 bits per heavy atom. The van der Waals surface area contributed by atoms with E-state index >= 15 is 0 Å². The summed E-state index contributed by atoms with van der Waals surface area (Å²) in [5.41, 5.74) is 3.10. The van der Waals surface area contributed by atoms with Crippen molar-refractivity contribution in [2.45, 2.75) is 38.6 Å². The van der Waals surface area contributed by atoms with Crippen molar-refractivity contribution < 1.29 is 17.9 Å². The number of piperidine rings is 1. The zero-order valence-corrected chi connectivity index (χ0v) is 23.3. The van der Waals surface area contributed by atoms with Crippen LogP contribution in [-0.4, -0.2) is 86.0 Å². The van der Waals surface area contributed by atoms with Gasteiger partial charge in [0.05, 0.1) is 42.5 Å². The molecule has 0 bridgehead atoms. The summed E-state index contributed by atoms with van der Waals surface area (Å²) < 4.78 is 34.0. The molecule has 1 N–H and O–H groups in total. The Balaban J connectivity index is 1.38. The molecule has 208 valence electrons. The van der Waals surface area contributed by atoms with Crippen LogP contribution in [0.15, 0.2) is 30.3 Å². The fourth-order valence-corrected chi connectivity index (χ4v) is 6.19. The van der Waals surface area contributed by atoms with Crippen LogP contribution in [0.3, 0.4) is 0 Å². The average Bonchev–Trinajstić information content (AvgIpc) is 3.32. The van der Waals surface area contributed by atoms with Crippen LogP contribution in [0.2, 0.25) is 0 Å². The van der Waals surface area contributed by atoms with Crippen LogP contribution >= 0.6 is 0 Å². The van der Waals surface area contributed by atoms with E-state index in [1.165, 1.54) is 6.42 Å². The van der Waals surface area contributed by atoms with Crippen molar-refractivity contribution in [3.63, 3.8) is 0 Å². The summed E-state index contributed by atoms with van der Waals surface area (Å²) >= 11 is 0. The molecule has 6 rings (SSSR count). The van der Waals surface area contributed by atoms with E-state index in [0.29, 0.717) is 31.0 Å². The fraction of sp³-hybridized carbons (Fsp3) is 0.519. The molecule has 39 heavy (non-hydrogen) atoms. The number of nitrogens with zero attached hydrogens (tertiary/aromatic N) is 6. The van der Waals surface area contributed by atoms with Gasteiger partial charge in [0.1, 0.15) is 11.6 Å². The number of hydrogen-bond acceptors (Lipinski definition) is 8. The van der Waals surface area contributed by atoms with Gasteiger partial charge in [-0.3, -0.25) is 9.52 Å². The molecule has 12 heteroatoms. The monoisotopic (exact) mass is 553 g/mol. The number of carbonyl (C=O) groups is 1. The molecule has 1 atom stereocenters. The number of rotatable bonds is 6. The first kappa shape index (κ1) is 25.9. The van der Waals surface area contributed by atoms with Gasteiger partial charge in [0, 0.05) is 44.9 Å². The minimum Gasteiger partial charge on any atom is -0.378 e. The van der Waals surface area contributed by atoms with Crippen molar-refractivity contribution >= 4 is 38.9 Å². The van der Waals surface area contributed by atoms with Gasteiger partial charge in [-0.15, -0.1) is 0 Å². The van der Waals surface area contributed by atoms with Gasteiger partial charge in [-0.05, 0) is 44.7 Å². The molecule has 3 saturated heterocycles. The van der Waals surface area contributed by atoms with Crippen LogP contribution in [0.25, 0.3) is 5.65 Å². The quantitative estimate of drug-likeness (QED) is 0.496. The Morgan fingerprint density at radius 1 is 1.00 bits per heavy atom. The molecule has 2 aromatic heterocycles. The molecule has 3 fully saturated rings. The van der Waals surface area contributed by atoms with E-state index in [1.54, 1.807) is 18.2 Å². The lowest BCUT2D eigenvalue weighted by atomic mass is 9.97. The molecule has 3 aromatic rings. The Labute approximate surface area is 228 Å². The lowest BCUT2D eigenvalue weighted by molar-refractivity contribution is 0.0606. The number of likely N-dealkylation sites (tertiary alicyclic amines) is 1. The first-order chi connectivity index (χ1) is 18.8. The van der Waals surface area contributed by atoms with Crippen LogP contribution < -0.4 is 14.5 Å². The summed E-state index contributed by atoms with van der Waals surface area (Å²) in [6, 6.07) is 9.11. The summed E-state index contributed by atoms with van der Waals surface area (Å²) in [7, 11) is -3.55. The molecular weight excluding hydrogens is 518 g/mol. The third kappa shape index (κ3) is 5.27. The highest BCUT2D eigenvalue weighted by atomic mass is 32.2. The van der Waals surface area contributed by atoms with Crippen molar-refractivity contribution in [1.82, 2.24) is 19.5 Å². The summed E-state index contributed by atoms with van der Waals surface area (Å²) in [5, 5.41) is 5.03. The van der Waals surface area contributed by atoms with Crippen molar-refractivity contribution in [3.05, 3.63) is 47.2 Å². The van der Waals surface area contributed by atoms with Gasteiger partial charge in [0.25, 0.3) is 5.91 Å². The largest absolute Gasteiger partial charge is 0.378 e. The van der Waals surface area contributed by atoms with Crippen LogP contribution in [0.5, 0.6) is 0 Å². The predicted molar refractivity (Wildman–Crippen MR) is 150 cm³/mol. The number of nitrogens with one attached hydrogen (secondary N) is 1. The Kier molecular flexibility index (Phi) is 6.84. The van der Waals surface area contributed by atoms with Crippen molar-refractivity contribution in [1.29, 1.82) is 0 Å². The van der Waals surface area contributed by atoms with E-state index in [-0.39, 0.29) is 11.9 Å². The summed E-state index contributed by atoms with van der Waals surface area (Å²) in [6.45, 7) is 7.37. The maximum atomic E-state index is 14.0. The number of morpholine rings is 1. The first-order valence-electron chi connectivity index (χ1n) is 13.6. The number of fused-ring (bicyclic) bond motifs is 1. The number of carbonyl (C=O) groups excluding carboxylic acids is 1. The molecule has 0 unspecified atom stereocenters. The van der Waals surface area contributed by atoms with Crippen molar-refractivity contribution in [3.8, 4) is 0 Å². The van der Waals surface area contributed by atoms with Crippen molar-refractivity contribution in [2.75, 3.05) is 66.7 Å². The van der Waals surface area contributed by atoms with Gasteiger partial charge in [0.15, 0.2) is 5.65 Å². The second-order valence-corrected chi connectivity index (χ2v) is 12.4. The summed E-state index contributed by atoms with van der Waals surface area (Å²) in [4.78, 5) is 25.3. The van der Waals surface area contributed by atoms with E-state index in [9.17, 15) is 13.2 Å². The van der Waals surface area contributed by atoms with E-state index in [4.69, 9.17) is 14.8 Å². The standard InChI is InChI=1S/C27H35N7O4S/c1-19-7-8-21(30-39(2,36)37)20(16-19)27(35)33-11-4-3-6-23(33)22-17-25-28-24(31-9-5-10-31)18-26(34(25)29-22)32-12-14-38-15-13-32/h7-8,16-18,23,30H,3-6,9-15H2,1-2H3/t23-/m0/s1. The number of sulfonamides is 1. The Morgan fingerprint density at radius 3 is 2.51 bits per heavy atom. The first-order valence-corrected chi connectivity index (χ1v) is 15.5. The predicted octanol–water partition coefficient (Wildman–Crippen LogP) is 2.82. The molecule has 0 aliphatic carbocycles. The second kappa shape index (κ2) is 10.3. The van der Waals surface area contributed by atoms with E-state index in [0.717, 1.165) is 80.2 Å². The number of amides is 1. The Bertz CT molecular complexity index is 1500. The normalized spacial score (nSPS) is 20.3. The zero-order valence-electron chi connectivity index (χ0n) is 22.5. The van der Waals surface area contributed by atoms with E-state index < -0.39 is 10.0 Å². The van der Waals surface area contributed by atoms with Crippen LogP contribution in [0.1, 0.15) is 53.3 Å². The lowest BCUT2D eigenvalue weighted by Gasteiger charge is -2.35. The maximum absolute atomic E-state index is 14.0. The van der Waals surface area contributed by atoms with Gasteiger partial charge in [0.2, 0.25) is 10.0 Å². The molecule has 5 heterocycles. The molecule has 1 aromatic carbocycles. The third-order valence-corrected chi connectivity index (χ3v) is 8.33. The highest BCUT2D eigenvalue weighted by molar-refractivity contribution is 7.92. The van der Waals surface area contributed by atoms with Gasteiger partial charge < -0.3 is 19.4 Å². The fourth-order valence-electron chi connectivity index (χ4n) is 5.61. The molecule has 0 radical (unpaired) electrons. The summed E-state index contributed by atoms with van der Waals surface area (Å²) in [5.74, 6) is 1.74. The number of benzene rings is 1. The number of ether oxygens (including phenoxy) is 1. The number of aryl methyl sites for hydroxylation is 1. The van der Waals surface area contributed by atoms with Crippen LogP contribution in [0.4, 0.5) is 17.3 Å². The summed E-state index contributed by atoms with van der Waals surface area (Å²) in [6.07, 6.45) is 4.90. The molecule has 1 amide bonds. The van der Waals surface area contributed by atoms with Crippen LogP contribution in [0, 0.1) is 6.92 Å². The molecule has 0 spiro atoms. The van der Waals surface area contributed by atoms with Gasteiger partial charge in [-0.1, -0.05) is 11.6 Å². The number of anilines is 3. The topological polar surface area (TPSA) is 112 Å². The van der Waals surface area contributed by atoms with Gasteiger partial charge >= 0.3 is 0 Å². The Hall–Kier alpha value is -3.38. The minimum atomic E-state index is -3.55. The second-order valence-electron chi connectivity index (χ2n) is 10.7. The van der Waals surface area contributed by atoms with E-state index in [2.05, 4.69) is 20.6 Å². The highest BCUT2D eigenvalue weighted by Gasteiger charge is 2.33. The number of aromatic nitrogens is 3. The lowest BCUT2D eigenvalue weighted by Crippen LogP contribution is -2.40. The van der Waals surface area contributed by atoms with Crippen LogP contribution in [-0.2, 0) is 14.8 Å². The smallest absolute Gasteiger partial charge is 0.256 e. The zero-order chi connectivity index (χ0) is 27.1. The SMILES string of the molecule is Cc1ccc(NS(C)(=O)=O)c(C(=O)N2CCCC[C@H]2c2cc3nc(N4CCC4)cc(N4CCOCC4)n3n2)c1. The third-order valence-electron chi connectivity index (χ3n) is 7.73. The molecule has 0 saturated carbocycles. The van der Waals surface area contributed by atoms with E-state index in [1.807, 2.05) is 22.4 Å². The molecule has 11 nitrogen and oxygen atoms in total. The van der Waals surface area contributed by atoms with Crippen molar-refractivity contribution in [2.24, 2.45) is 0 Å². The number of hydrogen-bond donors (Lipinski definition) is 1. The maximum Gasteiger partial charge on any atom is 0.256 e. The highest BCUT2D eigenvalue weighted by Crippen LogP contribution is 2.35.